The van der Waals surface area contributed by atoms with Crippen LogP contribution >= 0.6 is 0 Å². The molecule has 1 aromatic carbocycles. The van der Waals surface area contributed by atoms with Crippen LogP contribution in [0.5, 0.6) is 0 Å². The van der Waals surface area contributed by atoms with Crippen LogP contribution in [0, 0.1) is 6.58 Å². The smallest absolute Gasteiger partial charge is 0.108 e. The lowest BCUT2D eigenvalue weighted by atomic mass is 10.1. The molecule has 0 aliphatic rings. The van der Waals surface area contributed by atoms with E-state index in [0.29, 0.717) is 12.8 Å². The van der Waals surface area contributed by atoms with Gasteiger partial charge in [0.25, 0.3) is 0 Å². The van der Waals surface area contributed by atoms with Gasteiger partial charge in [-0.2, -0.15) is 0 Å². The highest BCUT2D eigenvalue weighted by Crippen LogP contribution is 2.08. The predicted octanol–water partition coefficient (Wildman–Crippen LogP) is 2.95. The van der Waals surface area contributed by atoms with Gasteiger partial charge in [-0.3, -0.25) is 0 Å². The molecular weight excluding hydrogens is 151 g/mol. The molecule has 0 N–H and O–H groups in total. The molecule has 0 saturated carbocycles. The molecule has 0 saturated heterocycles. The van der Waals surface area contributed by atoms with Crippen molar-refractivity contribution in [1.82, 2.24) is 0 Å². The zero-order valence-corrected chi connectivity index (χ0v) is 6.91. The average molecular weight is 163 g/mol. The van der Waals surface area contributed by atoms with E-state index in [1.807, 2.05) is 30.3 Å². The molecule has 0 aromatic heterocycles. The van der Waals surface area contributed by atoms with Crippen LogP contribution in [-0.2, 0) is 6.42 Å². The largest absolute Gasteiger partial charge is 0.247 e. The Morgan fingerprint density at radius 2 is 2.00 bits per heavy atom. The number of rotatable bonds is 4. The van der Waals surface area contributed by atoms with Crippen LogP contribution in [0.15, 0.2) is 36.4 Å². The molecule has 1 unspecified atom stereocenters. The molecule has 0 aliphatic heterocycles. The van der Waals surface area contributed by atoms with Crippen molar-refractivity contribution < 1.29 is 4.39 Å². The van der Waals surface area contributed by atoms with E-state index in [2.05, 4.69) is 0 Å². The van der Waals surface area contributed by atoms with E-state index in [0.717, 1.165) is 5.56 Å². The summed E-state index contributed by atoms with van der Waals surface area (Å²) in [7, 11) is 0. The Kier molecular flexibility index (Phi) is 3.52. The van der Waals surface area contributed by atoms with Crippen LogP contribution in [0.1, 0.15) is 12.0 Å². The molecule has 63 valence electrons. The second-order valence-corrected chi connectivity index (χ2v) is 2.76. The monoisotopic (exact) mass is 163 g/mol. The first-order chi connectivity index (χ1) is 5.83. The van der Waals surface area contributed by atoms with Crippen molar-refractivity contribution in [1.29, 1.82) is 0 Å². The maximum Gasteiger partial charge on any atom is 0.108 e. The highest BCUT2D eigenvalue weighted by Gasteiger charge is 2.03. The third kappa shape index (κ3) is 2.87. The van der Waals surface area contributed by atoms with Crippen LogP contribution < -0.4 is 0 Å². The van der Waals surface area contributed by atoms with Crippen molar-refractivity contribution in [3.8, 4) is 0 Å². The van der Waals surface area contributed by atoms with Gasteiger partial charge in [0.2, 0.25) is 0 Å². The summed E-state index contributed by atoms with van der Waals surface area (Å²) in [5, 5.41) is 0. The minimum Gasteiger partial charge on any atom is -0.247 e. The minimum atomic E-state index is -0.850. The lowest BCUT2D eigenvalue weighted by molar-refractivity contribution is 0.335. The molecule has 0 amide bonds. The summed E-state index contributed by atoms with van der Waals surface area (Å²) < 4.78 is 13.0. The first kappa shape index (κ1) is 8.98. The van der Waals surface area contributed by atoms with Gasteiger partial charge in [-0.25, -0.2) is 4.39 Å². The standard InChI is InChI=1S/C11H12F/c1-2-6-11(12)9-10-7-4-3-5-8-10/h1-5,7-8,11H,6,9H2. The Balaban J connectivity index is 2.46. The highest BCUT2D eigenvalue weighted by molar-refractivity contribution is 5.15. The SMILES string of the molecule is [CH]=CCC(F)Cc1ccccc1. The summed E-state index contributed by atoms with van der Waals surface area (Å²) in [4.78, 5) is 0. The topological polar surface area (TPSA) is 0 Å². The number of halogens is 1. The number of hydrogen-bond donors (Lipinski definition) is 0. The number of alkyl halides is 1. The summed E-state index contributed by atoms with van der Waals surface area (Å²) in [6.07, 6.45) is 1.30. The fraction of sp³-hybridized carbons (Fsp3) is 0.273. The molecule has 0 spiro atoms. The second kappa shape index (κ2) is 4.70. The Hall–Kier alpha value is -1.11. The highest BCUT2D eigenvalue weighted by atomic mass is 19.1. The van der Waals surface area contributed by atoms with Gasteiger partial charge in [0, 0.05) is 6.42 Å². The molecule has 12 heavy (non-hydrogen) atoms. The summed E-state index contributed by atoms with van der Waals surface area (Å²) in [5.74, 6) is 0. The van der Waals surface area contributed by atoms with Gasteiger partial charge >= 0.3 is 0 Å². The van der Waals surface area contributed by atoms with Crippen molar-refractivity contribution in [2.75, 3.05) is 0 Å². The molecule has 1 aromatic rings. The van der Waals surface area contributed by atoms with Crippen molar-refractivity contribution >= 4 is 0 Å². The maximum absolute atomic E-state index is 13.0. The number of hydrogen-bond acceptors (Lipinski definition) is 0. The molecule has 1 atom stereocenters. The van der Waals surface area contributed by atoms with Gasteiger partial charge in [0.1, 0.15) is 6.17 Å². The van der Waals surface area contributed by atoms with Crippen LogP contribution in [-0.4, -0.2) is 6.17 Å². The third-order valence-corrected chi connectivity index (χ3v) is 1.69. The first-order valence-electron chi connectivity index (χ1n) is 4.04. The van der Waals surface area contributed by atoms with Gasteiger partial charge in [-0.05, 0) is 12.0 Å². The van der Waals surface area contributed by atoms with Gasteiger partial charge < -0.3 is 0 Å². The van der Waals surface area contributed by atoms with Crippen LogP contribution in [0.4, 0.5) is 4.39 Å². The lowest BCUT2D eigenvalue weighted by Crippen LogP contribution is -2.02. The molecule has 1 radical (unpaired) electrons. The van der Waals surface area contributed by atoms with Crippen molar-refractivity contribution in [3.63, 3.8) is 0 Å². The van der Waals surface area contributed by atoms with E-state index in [1.54, 1.807) is 0 Å². The van der Waals surface area contributed by atoms with Crippen LogP contribution in [0.2, 0.25) is 0 Å². The second-order valence-electron chi connectivity index (χ2n) is 2.76. The Bertz CT molecular complexity index is 228. The van der Waals surface area contributed by atoms with Crippen molar-refractivity contribution in [3.05, 3.63) is 48.6 Å². The van der Waals surface area contributed by atoms with Gasteiger partial charge in [-0.1, -0.05) is 43.0 Å². The molecule has 0 fully saturated rings. The Labute approximate surface area is 72.7 Å². The van der Waals surface area contributed by atoms with E-state index < -0.39 is 6.17 Å². The quantitative estimate of drug-likeness (QED) is 0.640. The maximum atomic E-state index is 13.0. The summed E-state index contributed by atoms with van der Waals surface area (Å²) >= 11 is 0. The van der Waals surface area contributed by atoms with Gasteiger partial charge in [0.15, 0.2) is 0 Å². The van der Waals surface area contributed by atoms with Crippen molar-refractivity contribution in [2.45, 2.75) is 19.0 Å². The zero-order chi connectivity index (χ0) is 8.81. The summed E-state index contributed by atoms with van der Waals surface area (Å²) in [6, 6.07) is 9.58. The van der Waals surface area contributed by atoms with E-state index in [1.165, 1.54) is 6.08 Å². The van der Waals surface area contributed by atoms with Crippen molar-refractivity contribution in [2.24, 2.45) is 0 Å². The van der Waals surface area contributed by atoms with Gasteiger partial charge in [0.05, 0.1) is 0 Å². The van der Waals surface area contributed by atoms with E-state index in [4.69, 9.17) is 6.58 Å². The normalized spacial score (nSPS) is 12.4. The fourth-order valence-corrected chi connectivity index (χ4v) is 1.10. The lowest BCUT2D eigenvalue weighted by Gasteiger charge is -2.04. The molecule has 0 heterocycles. The van der Waals surface area contributed by atoms with Crippen LogP contribution in [0.25, 0.3) is 0 Å². The number of benzene rings is 1. The molecule has 1 heteroatoms. The summed E-state index contributed by atoms with van der Waals surface area (Å²) in [5.41, 5.74) is 1.02. The van der Waals surface area contributed by atoms with E-state index in [9.17, 15) is 4.39 Å². The molecule has 0 nitrogen and oxygen atoms in total. The zero-order valence-electron chi connectivity index (χ0n) is 6.91. The van der Waals surface area contributed by atoms with E-state index in [-0.39, 0.29) is 0 Å². The molecular formula is C11H12F. The predicted molar refractivity (Wildman–Crippen MR) is 48.5 cm³/mol. The van der Waals surface area contributed by atoms with Crippen LogP contribution in [0.3, 0.4) is 0 Å². The number of allylic oxidation sites excluding steroid dienone is 1. The minimum absolute atomic E-state index is 0.328. The fourth-order valence-electron chi connectivity index (χ4n) is 1.10. The Morgan fingerprint density at radius 1 is 1.33 bits per heavy atom. The molecule has 1 rings (SSSR count). The Morgan fingerprint density at radius 3 is 2.58 bits per heavy atom. The molecule has 0 aliphatic carbocycles. The first-order valence-corrected chi connectivity index (χ1v) is 4.04. The molecule has 0 bridgehead atoms. The van der Waals surface area contributed by atoms with Gasteiger partial charge in [-0.15, -0.1) is 0 Å². The summed E-state index contributed by atoms with van der Waals surface area (Å²) in [6.45, 7) is 5.12. The van der Waals surface area contributed by atoms with E-state index >= 15 is 0 Å². The third-order valence-electron chi connectivity index (χ3n) is 1.69. The average Bonchev–Trinajstić information content (AvgIpc) is 2.06.